The van der Waals surface area contributed by atoms with Crippen molar-refractivity contribution in [3.8, 4) is 0 Å². The van der Waals surface area contributed by atoms with Crippen molar-refractivity contribution in [2.45, 2.75) is 18.6 Å². The van der Waals surface area contributed by atoms with E-state index in [2.05, 4.69) is 5.32 Å². The predicted octanol–water partition coefficient (Wildman–Crippen LogP) is 2.25. The summed E-state index contributed by atoms with van der Waals surface area (Å²) in [6, 6.07) is 12.2. The summed E-state index contributed by atoms with van der Waals surface area (Å²) in [6.45, 7) is 1.63. The van der Waals surface area contributed by atoms with Crippen LogP contribution in [0.2, 0.25) is 0 Å². The van der Waals surface area contributed by atoms with Gasteiger partial charge in [-0.2, -0.15) is 0 Å². The molecule has 1 saturated heterocycles. The van der Waals surface area contributed by atoms with Crippen LogP contribution in [-0.4, -0.2) is 28.5 Å². The molecule has 0 spiro atoms. The minimum Gasteiger partial charge on any atom is -0.387 e. The van der Waals surface area contributed by atoms with Gasteiger partial charge in [-0.25, -0.2) is 4.79 Å². The molecule has 2 atom stereocenters. The summed E-state index contributed by atoms with van der Waals surface area (Å²) in [6.07, 6.45) is -0.901. The molecular weight excluding hydrogens is 300 g/mol. The number of β-amino-alcohol motifs (C(OH)–C–C–N with tert-alkyl or cyclic N) is 1. The number of imide groups is 1. The number of hydrogen-bond acceptors (Lipinski definition) is 4. The second-order valence-electron chi connectivity index (χ2n) is 5.37. The van der Waals surface area contributed by atoms with Crippen molar-refractivity contribution in [2.24, 2.45) is 0 Å². The van der Waals surface area contributed by atoms with Crippen LogP contribution in [0.15, 0.2) is 47.8 Å². The second-order valence-corrected chi connectivity index (χ2v) is 6.32. The summed E-state index contributed by atoms with van der Waals surface area (Å²) in [7, 11) is 0. The van der Waals surface area contributed by atoms with E-state index in [1.54, 1.807) is 31.2 Å². The summed E-state index contributed by atoms with van der Waals surface area (Å²) in [4.78, 5) is 26.7. The standard InChI is InChI=1S/C16H16N2O3S/c1-16(13-8-5-9-22-13)14(20)18(15(21)17-16)10-12(19)11-6-3-2-4-7-11/h2-9,12,19H,10H2,1H3,(H,17,21)/t12-,16+/m1/s1. The molecule has 0 aliphatic carbocycles. The lowest BCUT2D eigenvalue weighted by molar-refractivity contribution is -0.132. The van der Waals surface area contributed by atoms with E-state index in [9.17, 15) is 14.7 Å². The molecule has 0 radical (unpaired) electrons. The Balaban J connectivity index is 1.81. The molecule has 1 aliphatic rings. The van der Waals surface area contributed by atoms with E-state index in [1.165, 1.54) is 11.3 Å². The van der Waals surface area contributed by atoms with Crippen LogP contribution in [0.1, 0.15) is 23.5 Å². The topological polar surface area (TPSA) is 69.6 Å². The molecule has 3 amide bonds. The van der Waals surface area contributed by atoms with Gasteiger partial charge in [-0.1, -0.05) is 36.4 Å². The first kappa shape index (κ1) is 14.7. The molecule has 3 rings (SSSR count). The van der Waals surface area contributed by atoms with Gasteiger partial charge in [-0.05, 0) is 23.9 Å². The monoisotopic (exact) mass is 316 g/mol. The number of hydrogen-bond donors (Lipinski definition) is 2. The van der Waals surface area contributed by atoms with Crippen LogP contribution in [0, 0.1) is 0 Å². The normalized spacial score (nSPS) is 22.7. The van der Waals surface area contributed by atoms with E-state index in [4.69, 9.17) is 0 Å². The lowest BCUT2D eigenvalue weighted by atomic mass is 10.0. The Morgan fingerprint density at radius 2 is 1.95 bits per heavy atom. The first-order valence-corrected chi connectivity index (χ1v) is 7.81. The van der Waals surface area contributed by atoms with Crippen LogP contribution in [0.4, 0.5) is 4.79 Å². The number of amides is 3. The Morgan fingerprint density at radius 1 is 1.23 bits per heavy atom. The lowest BCUT2D eigenvalue weighted by Crippen LogP contribution is -2.40. The lowest BCUT2D eigenvalue weighted by Gasteiger charge is -2.21. The number of benzene rings is 1. The predicted molar refractivity (Wildman–Crippen MR) is 83.3 cm³/mol. The molecule has 1 fully saturated rings. The van der Waals surface area contributed by atoms with E-state index < -0.39 is 17.7 Å². The molecule has 0 saturated carbocycles. The molecule has 22 heavy (non-hydrogen) atoms. The molecular formula is C16H16N2O3S. The van der Waals surface area contributed by atoms with Crippen molar-refractivity contribution >= 4 is 23.3 Å². The first-order valence-electron chi connectivity index (χ1n) is 6.93. The highest BCUT2D eigenvalue weighted by Crippen LogP contribution is 2.32. The highest BCUT2D eigenvalue weighted by molar-refractivity contribution is 7.10. The molecule has 114 valence electrons. The number of rotatable bonds is 4. The molecule has 1 aliphatic heterocycles. The Labute approximate surface area is 132 Å². The first-order chi connectivity index (χ1) is 10.5. The van der Waals surface area contributed by atoms with Crippen LogP contribution in [0.25, 0.3) is 0 Å². The minimum atomic E-state index is -1.05. The van der Waals surface area contributed by atoms with Gasteiger partial charge < -0.3 is 10.4 Å². The maximum absolute atomic E-state index is 12.6. The molecule has 2 heterocycles. The van der Waals surface area contributed by atoms with Crippen LogP contribution in [-0.2, 0) is 10.3 Å². The molecule has 0 bridgehead atoms. The fourth-order valence-corrected chi connectivity index (χ4v) is 3.38. The van der Waals surface area contributed by atoms with E-state index in [0.717, 1.165) is 9.78 Å². The van der Waals surface area contributed by atoms with Crippen LogP contribution in [0.5, 0.6) is 0 Å². The van der Waals surface area contributed by atoms with Crippen molar-refractivity contribution in [3.05, 3.63) is 58.3 Å². The maximum atomic E-state index is 12.6. The number of aliphatic hydroxyl groups excluding tert-OH is 1. The summed E-state index contributed by atoms with van der Waals surface area (Å²) < 4.78 is 0. The van der Waals surface area contributed by atoms with Gasteiger partial charge in [0.05, 0.1) is 12.6 Å². The van der Waals surface area contributed by atoms with Gasteiger partial charge in [0, 0.05) is 4.88 Å². The fraction of sp³-hybridized carbons (Fsp3) is 0.250. The van der Waals surface area contributed by atoms with E-state index >= 15 is 0 Å². The zero-order valence-electron chi connectivity index (χ0n) is 12.0. The zero-order chi connectivity index (χ0) is 15.7. The van der Waals surface area contributed by atoms with Crippen molar-refractivity contribution in [1.82, 2.24) is 10.2 Å². The Kier molecular flexibility index (Phi) is 3.72. The minimum absolute atomic E-state index is 0.0599. The molecule has 1 aromatic carbocycles. The van der Waals surface area contributed by atoms with Crippen molar-refractivity contribution in [2.75, 3.05) is 6.54 Å². The summed E-state index contributed by atoms with van der Waals surface area (Å²) >= 11 is 1.42. The average Bonchev–Trinajstić information content (AvgIpc) is 3.13. The number of carbonyl (C=O) groups is 2. The summed E-state index contributed by atoms with van der Waals surface area (Å²) in [5.74, 6) is -0.338. The zero-order valence-corrected chi connectivity index (χ0v) is 12.8. The van der Waals surface area contributed by atoms with E-state index in [1.807, 2.05) is 23.6 Å². The van der Waals surface area contributed by atoms with Crippen LogP contribution in [0.3, 0.4) is 0 Å². The molecule has 5 nitrogen and oxygen atoms in total. The molecule has 2 N–H and O–H groups in total. The smallest absolute Gasteiger partial charge is 0.325 e. The van der Waals surface area contributed by atoms with Gasteiger partial charge in [0.2, 0.25) is 0 Å². The number of aliphatic hydroxyl groups is 1. The van der Waals surface area contributed by atoms with Gasteiger partial charge in [-0.15, -0.1) is 11.3 Å². The third kappa shape index (κ3) is 2.40. The molecule has 1 aromatic heterocycles. The SMILES string of the molecule is C[C@@]1(c2cccs2)NC(=O)N(C[C@@H](O)c2ccccc2)C1=O. The number of urea groups is 1. The van der Waals surface area contributed by atoms with Crippen LogP contribution >= 0.6 is 11.3 Å². The van der Waals surface area contributed by atoms with Crippen LogP contribution < -0.4 is 5.32 Å². The summed E-state index contributed by atoms with van der Waals surface area (Å²) in [5, 5.41) is 14.8. The number of thiophene rings is 1. The fourth-order valence-electron chi connectivity index (χ4n) is 2.55. The number of carbonyl (C=O) groups excluding carboxylic acids is 2. The van der Waals surface area contributed by atoms with E-state index in [0.29, 0.717) is 5.56 Å². The molecule has 6 heteroatoms. The number of nitrogens with one attached hydrogen (secondary N) is 1. The summed E-state index contributed by atoms with van der Waals surface area (Å²) in [5.41, 5.74) is -0.380. The van der Waals surface area contributed by atoms with E-state index in [-0.39, 0.29) is 12.5 Å². The van der Waals surface area contributed by atoms with Gasteiger partial charge in [0.25, 0.3) is 5.91 Å². The average molecular weight is 316 g/mol. The third-order valence-electron chi connectivity index (χ3n) is 3.83. The van der Waals surface area contributed by atoms with Gasteiger partial charge in [0.1, 0.15) is 0 Å². The maximum Gasteiger partial charge on any atom is 0.325 e. The Morgan fingerprint density at radius 3 is 2.59 bits per heavy atom. The van der Waals surface area contributed by atoms with Crippen molar-refractivity contribution in [3.63, 3.8) is 0 Å². The van der Waals surface area contributed by atoms with Crippen molar-refractivity contribution in [1.29, 1.82) is 0 Å². The molecule has 2 aromatic rings. The van der Waals surface area contributed by atoms with Crippen molar-refractivity contribution < 1.29 is 14.7 Å². The van der Waals surface area contributed by atoms with Gasteiger partial charge in [0.15, 0.2) is 5.54 Å². The largest absolute Gasteiger partial charge is 0.387 e. The molecule has 0 unspecified atom stereocenters. The van der Waals surface area contributed by atoms with Gasteiger partial charge >= 0.3 is 6.03 Å². The number of nitrogens with zero attached hydrogens (tertiary/aromatic N) is 1. The van der Waals surface area contributed by atoms with Gasteiger partial charge in [-0.3, -0.25) is 9.69 Å². The second kappa shape index (κ2) is 5.55. The third-order valence-corrected chi connectivity index (χ3v) is 4.92. The Bertz CT molecular complexity index is 687. The highest BCUT2D eigenvalue weighted by atomic mass is 32.1. The highest BCUT2D eigenvalue weighted by Gasteiger charge is 2.49. The quantitative estimate of drug-likeness (QED) is 0.850. The Hall–Kier alpha value is -2.18.